The molecule has 4 heteroatoms. The summed E-state index contributed by atoms with van der Waals surface area (Å²) < 4.78 is 10.6. The number of hydrogen-bond donors (Lipinski definition) is 2. The molecule has 1 rings (SSSR count). The van der Waals surface area contributed by atoms with Gasteiger partial charge in [-0.15, -0.1) is 0 Å². The Balaban J connectivity index is 2.62. The second kappa shape index (κ2) is 8.02. The molecule has 0 amide bonds. The Morgan fingerprint density at radius 3 is 2.63 bits per heavy atom. The third-order valence-electron chi connectivity index (χ3n) is 3.15. The van der Waals surface area contributed by atoms with Crippen molar-refractivity contribution in [3.63, 3.8) is 0 Å². The lowest BCUT2D eigenvalue weighted by Gasteiger charge is -2.22. The lowest BCUT2D eigenvalue weighted by molar-refractivity contribution is 0.107. The van der Waals surface area contributed by atoms with Crippen LogP contribution >= 0.6 is 0 Å². The van der Waals surface area contributed by atoms with Crippen molar-refractivity contribution in [1.82, 2.24) is 5.32 Å². The molecule has 1 aromatic rings. The standard InChI is InChI=1S/C15H25NO3/c1-5-19-10-14(11(2)3)16-9-12-8-13(18-4)6-7-15(12)17/h6-8,11,14,16-17H,5,9-10H2,1-4H3. The van der Waals surface area contributed by atoms with Gasteiger partial charge < -0.3 is 19.9 Å². The van der Waals surface area contributed by atoms with Gasteiger partial charge in [0.25, 0.3) is 0 Å². The third kappa shape index (κ3) is 5.09. The molecular weight excluding hydrogens is 242 g/mol. The Morgan fingerprint density at radius 1 is 1.32 bits per heavy atom. The van der Waals surface area contributed by atoms with Crippen molar-refractivity contribution in [2.75, 3.05) is 20.3 Å². The lowest BCUT2D eigenvalue weighted by Crippen LogP contribution is -2.37. The first-order valence-corrected chi connectivity index (χ1v) is 6.75. The predicted octanol–water partition coefficient (Wildman–Crippen LogP) is 2.55. The minimum Gasteiger partial charge on any atom is -0.508 e. The van der Waals surface area contributed by atoms with Crippen LogP contribution in [0.2, 0.25) is 0 Å². The van der Waals surface area contributed by atoms with Gasteiger partial charge in [0.05, 0.1) is 13.7 Å². The van der Waals surface area contributed by atoms with Crippen molar-refractivity contribution in [1.29, 1.82) is 0 Å². The van der Waals surface area contributed by atoms with Gasteiger partial charge in [0.15, 0.2) is 0 Å². The molecule has 0 aliphatic heterocycles. The van der Waals surface area contributed by atoms with Crippen LogP contribution in [0.3, 0.4) is 0 Å². The Morgan fingerprint density at radius 2 is 2.05 bits per heavy atom. The molecule has 0 saturated carbocycles. The molecule has 1 unspecified atom stereocenters. The smallest absolute Gasteiger partial charge is 0.120 e. The van der Waals surface area contributed by atoms with E-state index in [1.54, 1.807) is 19.2 Å². The zero-order valence-corrected chi connectivity index (χ0v) is 12.3. The summed E-state index contributed by atoms with van der Waals surface area (Å²) in [6.07, 6.45) is 0. The number of benzene rings is 1. The van der Waals surface area contributed by atoms with E-state index in [2.05, 4.69) is 19.2 Å². The number of nitrogens with one attached hydrogen (secondary N) is 1. The molecule has 19 heavy (non-hydrogen) atoms. The number of aromatic hydroxyl groups is 1. The molecule has 4 nitrogen and oxygen atoms in total. The molecule has 0 aliphatic rings. The maximum atomic E-state index is 9.83. The number of phenolic OH excluding ortho intramolecular Hbond substituents is 1. The fourth-order valence-corrected chi connectivity index (χ4v) is 1.80. The molecule has 0 spiro atoms. The van der Waals surface area contributed by atoms with Crippen molar-refractivity contribution in [2.45, 2.75) is 33.4 Å². The quantitative estimate of drug-likeness (QED) is 0.760. The van der Waals surface area contributed by atoms with Crippen LogP contribution in [0, 0.1) is 5.92 Å². The van der Waals surface area contributed by atoms with Gasteiger partial charge in [-0.1, -0.05) is 13.8 Å². The topological polar surface area (TPSA) is 50.7 Å². The van der Waals surface area contributed by atoms with Gasteiger partial charge in [-0.3, -0.25) is 0 Å². The summed E-state index contributed by atoms with van der Waals surface area (Å²) in [6.45, 7) is 8.29. The summed E-state index contributed by atoms with van der Waals surface area (Å²) in [5.74, 6) is 1.51. The van der Waals surface area contributed by atoms with Crippen molar-refractivity contribution in [3.8, 4) is 11.5 Å². The third-order valence-corrected chi connectivity index (χ3v) is 3.15. The van der Waals surface area contributed by atoms with Crippen LogP contribution in [0.25, 0.3) is 0 Å². The first kappa shape index (κ1) is 15.8. The van der Waals surface area contributed by atoms with Gasteiger partial charge in [0.2, 0.25) is 0 Å². The zero-order chi connectivity index (χ0) is 14.3. The molecule has 0 aromatic heterocycles. The number of ether oxygens (including phenoxy) is 2. The predicted molar refractivity (Wildman–Crippen MR) is 76.6 cm³/mol. The van der Waals surface area contributed by atoms with E-state index in [4.69, 9.17) is 9.47 Å². The van der Waals surface area contributed by atoms with Crippen LogP contribution in [-0.2, 0) is 11.3 Å². The summed E-state index contributed by atoms with van der Waals surface area (Å²) in [4.78, 5) is 0. The van der Waals surface area contributed by atoms with Gasteiger partial charge in [0.1, 0.15) is 11.5 Å². The molecule has 0 fully saturated rings. The minimum atomic E-state index is 0.269. The molecule has 2 N–H and O–H groups in total. The molecule has 0 aliphatic carbocycles. The highest BCUT2D eigenvalue weighted by Gasteiger charge is 2.13. The highest BCUT2D eigenvalue weighted by Crippen LogP contribution is 2.22. The summed E-state index contributed by atoms with van der Waals surface area (Å²) >= 11 is 0. The average molecular weight is 267 g/mol. The number of methoxy groups -OCH3 is 1. The van der Waals surface area contributed by atoms with Gasteiger partial charge in [-0.25, -0.2) is 0 Å². The second-order valence-corrected chi connectivity index (χ2v) is 4.89. The maximum absolute atomic E-state index is 9.83. The first-order valence-electron chi connectivity index (χ1n) is 6.75. The zero-order valence-electron chi connectivity index (χ0n) is 12.3. The summed E-state index contributed by atoms with van der Waals surface area (Å²) in [5.41, 5.74) is 0.835. The normalized spacial score (nSPS) is 12.7. The number of rotatable bonds is 8. The summed E-state index contributed by atoms with van der Waals surface area (Å²) in [6, 6.07) is 5.52. The van der Waals surface area contributed by atoms with E-state index < -0.39 is 0 Å². The highest BCUT2D eigenvalue weighted by atomic mass is 16.5. The molecule has 1 aromatic carbocycles. The van der Waals surface area contributed by atoms with Gasteiger partial charge in [-0.05, 0) is 31.0 Å². The SMILES string of the molecule is CCOCC(NCc1cc(OC)ccc1O)C(C)C. The number of hydrogen-bond acceptors (Lipinski definition) is 4. The van der Waals surface area contributed by atoms with Gasteiger partial charge in [0, 0.05) is 24.8 Å². The Bertz CT molecular complexity index is 380. The molecule has 0 saturated heterocycles. The molecule has 0 bridgehead atoms. The fraction of sp³-hybridized carbons (Fsp3) is 0.600. The van der Waals surface area contributed by atoms with Crippen LogP contribution in [0.4, 0.5) is 0 Å². The van der Waals surface area contributed by atoms with Crippen LogP contribution in [-0.4, -0.2) is 31.5 Å². The number of phenols is 1. The molecule has 1 atom stereocenters. The van der Waals surface area contributed by atoms with E-state index in [-0.39, 0.29) is 11.8 Å². The van der Waals surface area contributed by atoms with E-state index >= 15 is 0 Å². The van der Waals surface area contributed by atoms with Crippen molar-refractivity contribution < 1.29 is 14.6 Å². The monoisotopic (exact) mass is 267 g/mol. The maximum Gasteiger partial charge on any atom is 0.120 e. The highest BCUT2D eigenvalue weighted by molar-refractivity contribution is 5.39. The van der Waals surface area contributed by atoms with E-state index in [1.165, 1.54) is 0 Å². The van der Waals surface area contributed by atoms with E-state index in [0.717, 1.165) is 17.9 Å². The van der Waals surface area contributed by atoms with Crippen molar-refractivity contribution >= 4 is 0 Å². The van der Waals surface area contributed by atoms with Crippen LogP contribution in [0.1, 0.15) is 26.3 Å². The fourth-order valence-electron chi connectivity index (χ4n) is 1.80. The minimum absolute atomic E-state index is 0.269. The Kier molecular flexibility index (Phi) is 6.67. The molecule has 0 radical (unpaired) electrons. The lowest BCUT2D eigenvalue weighted by atomic mass is 10.0. The summed E-state index contributed by atoms with van der Waals surface area (Å²) in [7, 11) is 1.62. The first-order chi connectivity index (χ1) is 9.08. The average Bonchev–Trinajstić information content (AvgIpc) is 2.40. The van der Waals surface area contributed by atoms with Crippen LogP contribution in [0.5, 0.6) is 11.5 Å². The molecule has 108 valence electrons. The van der Waals surface area contributed by atoms with Crippen LogP contribution < -0.4 is 10.1 Å². The van der Waals surface area contributed by atoms with Gasteiger partial charge >= 0.3 is 0 Å². The summed E-state index contributed by atoms with van der Waals surface area (Å²) in [5, 5.41) is 13.3. The van der Waals surface area contributed by atoms with E-state index in [1.807, 2.05) is 13.0 Å². The van der Waals surface area contributed by atoms with Crippen molar-refractivity contribution in [3.05, 3.63) is 23.8 Å². The Hall–Kier alpha value is -1.26. The van der Waals surface area contributed by atoms with E-state index in [0.29, 0.717) is 19.1 Å². The molecular formula is C15H25NO3. The second-order valence-electron chi connectivity index (χ2n) is 4.89. The molecule has 0 heterocycles. The van der Waals surface area contributed by atoms with Gasteiger partial charge in [-0.2, -0.15) is 0 Å². The van der Waals surface area contributed by atoms with Crippen LogP contribution in [0.15, 0.2) is 18.2 Å². The van der Waals surface area contributed by atoms with E-state index in [9.17, 15) is 5.11 Å². The largest absolute Gasteiger partial charge is 0.508 e. The van der Waals surface area contributed by atoms with Crippen molar-refractivity contribution in [2.24, 2.45) is 5.92 Å². The Labute approximate surface area is 115 Å².